The van der Waals surface area contributed by atoms with Crippen molar-refractivity contribution in [2.45, 2.75) is 18.9 Å². The zero-order valence-corrected chi connectivity index (χ0v) is 16.5. The van der Waals surface area contributed by atoms with Crippen LogP contribution < -0.4 is 5.32 Å². The molecule has 0 aliphatic carbocycles. The van der Waals surface area contributed by atoms with E-state index in [9.17, 15) is 14.0 Å². The van der Waals surface area contributed by atoms with E-state index in [0.29, 0.717) is 25.3 Å². The van der Waals surface area contributed by atoms with Gasteiger partial charge in [-0.15, -0.1) is 0 Å². The van der Waals surface area contributed by atoms with E-state index in [-0.39, 0.29) is 23.9 Å². The van der Waals surface area contributed by atoms with E-state index < -0.39 is 17.6 Å². The first kappa shape index (κ1) is 19.9. The van der Waals surface area contributed by atoms with Crippen molar-refractivity contribution >= 4 is 11.8 Å². The van der Waals surface area contributed by atoms with E-state index in [1.807, 2.05) is 30.3 Å². The van der Waals surface area contributed by atoms with Crippen molar-refractivity contribution in [2.75, 3.05) is 13.1 Å². The Labute approximate surface area is 174 Å². The molecule has 2 amide bonds. The molecule has 3 aromatic rings. The van der Waals surface area contributed by atoms with Crippen LogP contribution in [0.5, 0.6) is 0 Å². The fourth-order valence-corrected chi connectivity index (χ4v) is 3.96. The van der Waals surface area contributed by atoms with Gasteiger partial charge in [0, 0.05) is 19.0 Å². The van der Waals surface area contributed by atoms with Crippen LogP contribution in [0.2, 0.25) is 0 Å². The normalized spacial score (nSPS) is 18.8. The number of hydrogen-bond donors (Lipinski definition) is 1. The fraction of sp³-hybridized carbons (Fsp3) is 0.250. The molecule has 0 spiro atoms. The largest absolute Gasteiger partial charge is 0.467 e. The highest BCUT2D eigenvalue weighted by atomic mass is 19.1. The lowest BCUT2D eigenvalue weighted by Crippen LogP contribution is -2.48. The van der Waals surface area contributed by atoms with Gasteiger partial charge in [0.05, 0.1) is 24.3 Å². The van der Waals surface area contributed by atoms with Crippen LogP contribution in [0.4, 0.5) is 4.39 Å². The second-order valence-corrected chi connectivity index (χ2v) is 7.53. The zero-order valence-electron chi connectivity index (χ0n) is 16.5. The van der Waals surface area contributed by atoms with Gasteiger partial charge < -0.3 is 14.6 Å². The summed E-state index contributed by atoms with van der Waals surface area (Å²) < 4.78 is 19.5. The third-order valence-electron chi connectivity index (χ3n) is 5.50. The molecule has 0 saturated carbocycles. The first-order chi connectivity index (χ1) is 14.6. The molecule has 5 nitrogen and oxygen atoms in total. The minimum absolute atomic E-state index is 0.00460. The van der Waals surface area contributed by atoms with Crippen LogP contribution in [0.15, 0.2) is 77.4 Å². The lowest BCUT2D eigenvalue weighted by Gasteiger charge is -2.37. The Hall–Kier alpha value is -3.41. The number of amides is 2. The van der Waals surface area contributed by atoms with Gasteiger partial charge in [-0.25, -0.2) is 4.39 Å². The summed E-state index contributed by atoms with van der Waals surface area (Å²) in [6.07, 6.45) is 2.18. The molecule has 2 aromatic carbocycles. The third kappa shape index (κ3) is 4.43. The second-order valence-electron chi connectivity index (χ2n) is 7.53. The van der Waals surface area contributed by atoms with Crippen LogP contribution >= 0.6 is 0 Å². The Kier molecular flexibility index (Phi) is 5.93. The van der Waals surface area contributed by atoms with Crippen molar-refractivity contribution in [1.29, 1.82) is 0 Å². The molecule has 2 atom stereocenters. The minimum atomic E-state index is -0.553. The van der Waals surface area contributed by atoms with Gasteiger partial charge in [-0.05, 0) is 36.2 Å². The van der Waals surface area contributed by atoms with E-state index in [1.54, 1.807) is 35.4 Å². The molecule has 2 heterocycles. The van der Waals surface area contributed by atoms with Crippen molar-refractivity contribution in [1.82, 2.24) is 10.2 Å². The van der Waals surface area contributed by atoms with Gasteiger partial charge in [0.15, 0.2) is 0 Å². The van der Waals surface area contributed by atoms with Crippen LogP contribution in [0.3, 0.4) is 0 Å². The second kappa shape index (κ2) is 8.95. The molecule has 1 aromatic heterocycles. The maximum atomic E-state index is 14.2. The number of rotatable bonds is 5. The van der Waals surface area contributed by atoms with Crippen molar-refractivity contribution in [2.24, 2.45) is 5.92 Å². The fourth-order valence-electron chi connectivity index (χ4n) is 3.96. The molecule has 154 valence electrons. The van der Waals surface area contributed by atoms with E-state index >= 15 is 0 Å². The maximum absolute atomic E-state index is 14.2. The highest BCUT2D eigenvalue weighted by molar-refractivity contribution is 5.95. The molecule has 1 saturated heterocycles. The molecule has 1 aliphatic rings. The Morgan fingerprint density at radius 3 is 2.50 bits per heavy atom. The quantitative estimate of drug-likeness (QED) is 0.697. The number of nitrogens with zero attached hydrogens (tertiary/aromatic N) is 1. The Balaban J connectivity index is 1.54. The van der Waals surface area contributed by atoms with Crippen molar-refractivity contribution in [3.8, 4) is 0 Å². The van der Waals surface area contributed by atoms with Crippen LogP contribution in [-0.2, 0) is 11.3 Å². The highest BCUT2D eigenvalue weighted by Gasteiger charge is 2.35. The number of piperidine rings is 1. The Bertz CT molecular complexity index is 1000. The first-order valence-corrected chi connectivity index (χ1v) is 10.0. The average molecular weight is 406 g/mol. The number of nitrogens with one attached hydrogen (secondary N) is 1. The summed E-state index contributed by atoms with van der Waals surface area (Å²) in [5, 5.41) is 2.89. The van der Waals surface area contributed by atoms with Crippen LogP contribution in [0, 0.1) is 11.7 Å². The van der Waals surface area contributed by atoms with Gasteiger partial charge in [0.1, 0.15) is 11.6 Å². The highest BCUT2D eigenvalue weighted by Crippen LogP contribution is 2.31. The van der Waals surface area contributed by atoms with Gasteiger partial charge in [-0.3, -0.25) is 9.59 Å². The van der Waals surface area contributed by atoms with Gasteiger partial charge in [0.25, 0.3) is 5.91 Å². The molecular formula is C24H23FN2O3. The molecular weight excluding hydrogens is 383 g/mol. The summed E-state index contributed by atoms with van der Waals surface area (Å²) >= 11 is 0. The summed E-state index contributed by atoms with van der Waals surface area (Å²) in [4.78, 5) is 27.5. The average Bonchev–Trinajstić information content (AvgIpc) is 3.31. The summed E-state index contributed by atoms with van der Waals surface area (Å²) in [5.41, 5.74) is 1.09. The summed E-state index contributed by atoms with van der Waals surface area (Å²) in [6.45, 7) is 0.985. The summed E-state index contributed by atoms with van der Waals surface area (Å²) in [6, 6.07) is 19.3. The van der Waals surface area contributed by atoms with Gasteiger partial charge in [0.2, 0.25) is 5.91 Å². The predicted octanol–water partition coefficient (Wildman–Crippen LogP) is 3.98. The number of carbonyl (C=O) groups is 2. The van der Waals surface area contributed by atoms with Crippen LogP contribution in [-0.4, -0.2) is 29.8 Å². The zero-order chi connectivity index (χ0) is 20.9. The minimum Gasteiger partial charge on any atom is -0.467 e. The standard InChI is InChI=1S/C24H23FN2O3/c25-22-11-5-4-10-21(22)24(29)27-15-18(17-7-2-1-3-8-17)13-19(16-27)23(28)26-14-20-9-6-12-30-20/h1-12,18-19H,13-16H2,(H,26,28). The number of benzene rings is 2. The Morgan fingerprint density at radius 1 is 1.00 bits per heavy atom. The van der Waals surface area contributed by atoms with Crippen LogP contribution in [0.25, 0.3) is 0 Å². The molecule has 0 radical (unpaired) electrons. The molecule has 4 rings (SSSR count). The van der Waals surface area contributed by atoms with E-state index in [1.165, 1.54) is 12.1 Å². The van der Waals surface area contributed by atoms with Gasteiger partial charge >= 0.3 is 0 Å². The summed E-state index contributed by atoms with van der Waals surface area (Å²) in [5.74, 6) is -0.818. The number of likely N-dealkylation sites (tertiary alicyclic amines) is 1. The monoisotopic (exact) mass is 406 g/mol. The van der Waals surface area contributed by atoms with E-state index in [2.05, 4.69) is 5.32 Å². The van der Waals surface area contributed by atoms with Gasteiger partial charge in [-0.1, -0.05) is 42.5 Å². The topological polar surface area (TPSA) is 62.6 Å². The van der Waals surface area contributed by atoms with Crippen molar-refractivity contribution in [3.05, 3.63) is 95.7 Å². The lowest BCUT2D eigenvalue weighted by atomic mass is 9.83. The molecule has 1 aliphatic heterocycles. The summed E-state index contributed by atoms with van der Waals surface area (Å²) in [7, 11) is 0. The smallest absolute Gasteiger partial charge is 0.256 e. The Morgan fingerprint density at radius 2 is 1.77 bits per heavy atom. The van der Waals surface area contributed by atoms with E-state index in [0.717, 1.165) is 5.56 Å². The first-order valence-electron chi connectivity index (χ1n) is 10.0. The number of hydrogen-bond acceptors (Lipinski definition) is 3. The van der Waals surface area contributed by atoms with Crippen molar-refractivity contribution in [3.63, 3.8) is 0 Å². The molecule has 1 N–H and O–H groups in total. The van der Waals surface area contributed by atoms with Crippen LogP contribution in [0.1, 0.15) is 34.0 Å². The lowest BCUT2D eigenvalue weighted by molar-refractivity contribution is -0.126. The SMILES string of the molecule is O=C(NCc1ccco1)C1CC(c2ccccc2)CN(C(=O)c2ccccc2F)C1. The molecule has 30 heavy (non-hydrogen) atoms. The van der Waals surface area contributed by atoms with E-state index in [4.69, 9.17) is 4.42 Å². The van der Waals surface area contributed by atoms with Gasteiger partial charge in [-0.2, -0.15) is 0 Å². The number of carbonyl (C=O) groups excluding carboxylic acids is 2. The molecule has 1 fully saturated rings. The maximum Gasteiger partial charge on any atom is 0.256 e. The molecule has 2 unspecified atom stereocenters. The van der Waals surface area contributed by atoms with Crippen molar-refractivity contribution < 1.29 is 18.4 Å². The predicted molar refractivity (Wildman–Crippen MR) is 110 cm³/mol. The number of furan rings is 1. The number of halogens is 1. The molecule has 6 heteroatoms. The molecule has 0 bridgehead atoms. The third-order valence-corrected chi connectivity index (χ3v) is 5.50.